The van der Waals surface area contributed by atoms with Gasteiger partial charge in [-0.3, -0.25) is 0 Å². The number of hydrogen-bond donors (Lipinski definition) is 0. The largest absolute Gasteiger partial charge is 0.239 e. The van der Waals surface area contributed by atoms with Crippen LogP contribution in [0.5, 0.6) is 0 Å². The Morgan fingerprint density at radius 2 is 2.07 bits per heavy atom. The van der Waals surface area contributed by atoms with Gasteiger partial charge in [0.2, 0.25) is 0 Å². The van der Waals surface area contributed by atoms with Crippen LogP contribution in [0.3, 0.4) is 0 Å². The number of halogens is 1. The molecule has 0 amide bonds. The Balaban J connectivity index is 2.47. The van der Waals surface area contributed by atoms with Crippen molar-refractivity contribution in [3.63, 3.8) is 0 Å². The minimum atomic E-state index is 0.355. The molecule has 0 saturated heterocycles. The molecule has 14 heavy (non-hydrogen) atoms. The fourth-order valence-electron chi connectivity index (χ4n) is 1.86. The summed E-state index contributed by atoms with van der Waals surface area (Å²) < 4.78 is 0. The highest BCUT2D eigenvalue weighted by Gasteiger charge is 2.12. The van der Waals surface area contributed by atoms with E-state index in [0.717, 1.165) is 18.5 Å². The van der Waals surface area contributed by atoms with Gasteiger partial charge in [0.1, 0.15) is 11.2 Å². The molecule has 0 aromatic carbocycles. The second kappa shape index (κ2) is 3.98. The summed E-state index contributed by atoms with van der Waals surface area (Å²) in [4.78, 5) is 4.29. The number of nitriles is 1. The van der Waals surface area contributed by atoms with Crippen LogP contribution in [0, 0.1) is 11.3 Å². The maximum atomic E-state index is 8.82. The molecule has 0 aliphatic heterocycles. The molecule has 0 saturated carbocycles. The Bertz CT molecular complexity index is 393. The average molecular weight is 207 g/mol. The van der Waals surface area contributed by atoms with Gasteiger partial charge in [0, 0.05) is 5.69 Å². The Kier molecular flexibility index (Phi) is 2.69. The minimum absolute atomic E-state index is 0.355. The third kappa shape index (κ3) is 1.73. The van der Waals surface area contributed by atoms with Crippen LogP contribution >= 0.6 is 11.6 Å². The van der Waals surface area contributed by atoms with Gasteiger partial charge in [0.15, 0.2) is 0 Å². The molecule has 1 aliphatic rings. The lowest BCUT2D eigenvalue weighted by Gasteiger charge is -2.05. The van der Waals surface area contributed by atoms with E-state index in [1.54, 1.807) is 0 Å². The van der Waals surface area contributed by atoms with Gasteiger partial charge in [-0.15, -0.1) is 0 Å². The third-order valence-corrected chi connectivity index (χ3v) is 2.91. The minimum Gasteiger partial charge on any atom is -0.239 e. The van der Waals surface area contributed by atoms with Gasteiger partial charge in [-0.1, -0.05) is 18.0 Å². The van der Waals surface area contributed by atoms with Crippen molar-refractivity contribution in [1.82, 2.24) is 4.98 Å². The zero-order chi connectivity index (χ0) is 9.97. The summed E-state index contributed by atoms with van der Waals surface area (Å²) in [6.07, 6.45) is 5.66. The number of rotatable bonds is 0. The molecule has 1 heterocycles. The number of fused-ring (bicyclic) bond motifs is 1. The zero-order valence-corrected chi connectivity index (χ0v) is 8.64. The van der Waals surface area contributed by atoms with Gasteiger partial charge in [-0.2, -0.15) is 5.26 Å². The Labute approximate surface area is 88.5 Å². The predicted octanol–water partition coefficient (Wildman–Crippen LogP) is 2.88. The monoisotopic (exact) mass is 206 g/mol. The van der Waals surface area contributed by atoms with Crippen molar-refractivity contribution in [3.8, 4) is 6.07 Å². The molecule has 0 fully saturated rings. The summed E-state index contributed by atoms with van der Waals surface area (Å²) in [5.74, 6) is 0. The van der Waals surface area contributed by atoms with Crippen LogP contribution in [0.15, 0.2) is 6.07 Å². The van der Waals surface area contributed by atoms with E-state index in [-0.39, 0.29) is 0 Å². The molecule has 2 rings (SSSR count). The van der Waals surface area contributed by atoms with Crippen LogP contribution in [0.2, 0.25) is 5.15 Å². The lowest BCUT2D eigenvalue weighted by molar-refractivity contribution is 0.708. The normalized spacial score (nSPS) is 15.4. The van der Waals surface area contributed by atoms with E-state index in [9.17, 15) is 0 Å². The summed E-state index contributed by atoms with van der Waals surface area (Å²) in [5, 5.41) is 9.17. The summed E-state index contributed by atoms with van der Waals surface area (Å²) in [7, 11) is 0. The highest BCUT2D eigenvalue weighted by atomic mass is 35.5. The Morgan fingerprint density at radius 3 is 2.86 bits per heavy atom. The van der Waals surface area contributed by atoms with E-state index in [1.165, 1.54) is 24.8 Å². The van der Waals surface area contributed by atoms with E-state index < -0.39 is 0 Å². The van der Waals surface area contributed by atoms with Crippen LogP contribution in [0.25, 0.3) is 0 Å². The number of hydrogen-bond acceptors (Lipinski definition) is 2. The first-order valence-electron chi connectivity index (χ1n) is 4.89. The topological polar surface area (TPSA) is 36.7 Å². The molecule has 0 bridgehead atoms. The van der Waals surface area contributed by atoms with Crippen molar-refractivity contribution in [3.05, 3.63) is 28.0 Å². The quantitative estimate of drug-likeness (QED) is 0.484. The zero-order valence-electron chi connectivity index (χ0n) is 7.89. The predicted molar refractivity (Wildman–Crippen MR) is 55.2 cm³/mol. The standard InChI is InChI=1S/C11H11ClN2/c12-11-9(7-13)6-8-4-2-1-3-5-10(8)14-11/h6H,1-5H2. The van der Waals surface area contributed by atoms with E-state index in [2.05, 4.69) is 11.1 Å². The van der Waals surface area contributed by atoms with E-state index in [4.69, 9.17) is 16.9 Å². The maximum Gasteiger partial charge on any atom is 0.147 e. The number of pyridine rings is 1. The molecular formula is C11H11ClN2. The molecule has 0 unspecified atom stereocenters. The van der Waals surface area contributed by atoms with Gasteiger partial charge in [0.25, 0.3) is 0 Å². The van der Waals surface area contributed by atoms with Crippen LogP contribution in [-0.2, 0) is 12.8 Å². The Morgan fingerprint density at radius 1 is 1.29 bits per heavy atom. The number of aryl methyl sites for hydroxylation is 2. The molecule has 0 N–H and O–H groups in total. The van der Waals surface area contributed by atoms with Crippen molar-refractivity contribution >= 4 is 11.6 Å². The second-order valence-electron chi connectivity index (χ2n) is 3.61. The summed E-state index contributed by atoms with van der Waals surface area (Å²) in [6, 6.07) is 3.97. The van der Waals surface area contributed by atoms with Crippen LogP contribution in [0.1, 0.15) is 36.1 Å². The van der Waals surface area contributed by atoms with Crippen molar-refractivity contribution in [2.45, 2.75) is 32.1 Å². The molecule has 0 radical (unpaired) electrons. The van der Waals surface area contributed by atoms with Crippen LogP contribution in [-0.4, -0.2) is 4.98 Å². The molecule has 0 spiro atoms. The molecular weight excluding hydrogens is 196 g/mol. The molecule has 1 aliphatic carbocycles. The van der Waals surface area contributed by atoms with Crippen molar-refractivity contribution < 1.29 is 0 Å². The van der Waals surface area contributed by atoms with E-state index >= 15 is 0 Å². The maximum absolute atomic E-state index is 8.82. The summed E-state index contributed by atoms with van der Waals surface area (Å²) in [5.41, 5.74) is 2.81. The first-order chi connectivity index (χ1) is 6.81. The van der Waals surface area contributed by atoms with Crippen LogP contribution in [0.4, 0.5) is 0 Å². The molecule has 1 aromatic heterocycles. The smallest absolute Gasteiger partial charge is 0.147 e. The molecule has 0 atom stereocenters. The van der Waals surface area contributed by atoms with Gasteiger partial charge < -0.3 is 0 Å². The molecule has 2 nitrogen and oxygen atoms in total. The van der Waals surface area contributed by atoms with Crippen molar-refractivity contribution in [2.75, 3.05) is 0 Å². The van der Waals surface area contributed by atoms with Gasteiger partial charge in [-0.25, -0.2) is 4.98 Å². The fourth-order valence-corrected chi connectivity index (χ4v) is 2.06. The van der Waals surface area contributed by atoms with Crippen molar-refractivity contribution in [1.29, 1.82) is 5.26 Å². The lowest BCUT2D eigenvalue weighted by atomic mass is 10.1. The Hall–Kier alpha value is -1.07. The van der Waals surface area contributed by atoms with Gasteiger partial charge >= 0.3 is 0 Å². The first kappa shape index (κ1) is 9.48. The second-order valence-corrected chi connectivity index (χ2v) is 3.96. The van der Waals surface area contributed by atoms with E-state index in [1.807, 2.05) is 6.07 Å². The summed E-state index contributed by atoms with van der Waals surface area (Å²) >= 11 is 5.88. The summed E-state index contributed by atoms with van der Waals surface area (Å²) in [6.45, 7) is 0. The van der Waals surface area contributed by atoms with E-state index in [0.29, 0.717) is 10.7 Å². The van der Waals surface area contributed by atoms with Gasteiger partial charge in [-0.05, 0) is 37.3 Å². The highest BCUT2D eigenvalue weighted by Crippen LogP contribution is 2.23. The fraction of sp³-hybridized carbons (Fsp3) is 0.455. The molecule has 72 valence electrons. The first-order valence-corrected chi connectivity index (χ1v) is 5.27. The lowest BCUT2D eigenvalue weighted by Crippen LogP contribution is -1.97. The SMILES string of the molecule is N#Cc1cc2c(nc1Cl)CCCCC2. The van der Waals surface area contributed by atoms with Crippen LogP contribution < -0.4 is 0 Å². The molecule has 1 aromatic rings. The highest BCUT2D eigenvalue weighted by molar-refractivity contribution is 6.30. The number of aromatic nitrogens is 1. The average Bonchev–Trinajstić information content (AvgIpc) is 2.41. The molecule has 3 heteroatoms. The number of nitrogens with zero attached hydrogens (tertiary/aromatic N) is 2. The van der Waals surface area contributed by atoms with Gasteiger partial charge in [0.05, 0.1) is 5.56 Å². The third-order valence-electron chi connectivity index (χ3n) is 2.62. The van der Waals surface area contributed by atoms with Crippen molar-refractivity contribution in [2.24, 2.45) is 0 Å².